The molecule has 0 fully saturated rings. The number of hydrogen-bond donors (Lipinski definition) is 0. The van der Waals surface area contributed by atoms with Gasteiger partial charge in [-0.2, -0.15) is 0 Å². The van der Waals surface area contributed by atoms with E-state index in [1.54, 1.807) is 24.3 Å². The van der Waals surface area contributed by atoms with Gasteiger partial charge < -0.3 is 4.74 Å². The van der Waals surface area contributed by atoms with Gasteiger partial charge in [-0.3, -0.25) is 9.59 Å². The molecule has 0 aliphatic heterocycles. The lowest BCUT2D eigenvalue weighted by Gasteiger charge is -2.24. The molecule has 0 atom stereocenters. The Balaban J connectivity index is 2.13. The highest BCUT2D eigenvalue weighted by atomic mass is 32.2. The lowest BCUT2D eigenvalue weighted by Crippen LogP contribution is -2.35. The maximum Gasteiger partial charge on any atom is 0.308 e. The van der Waals surface area contributed by atoms with Crippen LogP contribution in [0.2, 0.25) is 0 Å². The minimum Gasteiger partial charge on any atom is -0.425 e. The number of fused-ring (bicyclic) bond motifs is 1. The zero-order valence-electron chi connectivity index (χ0n) is 19.3. The lowest BCUT2D eigenvalue weighted by molar-refractivity contribution is -0.132. The largest absolute Gasteiger partial charge is 0.425 e. The fourth-order valence-electron chi connectivity index (χ4n) is 3.81. The Labute approximate surface area is 208 Å². The number of nitrogens with zero attached hydrogens (tertiary/aromatic N) is 1. The molecule has 8 nitrogen and oxygen atoms in total. The fraction of sp³-hybridized carbons (Fsp3) is 0.0769. The van der Waals surface area contributed by atoms with Crippen LogP contribution in [0.5, 0.6) is 5.75 Å². The summed E-state index contributed by atoms with van der Waals surface area (Å²) in [7, 11) is -8.73. The van der Waals surface area contributed by atoms with E-state index in [0.717, 1.165) is 19.9 Å². The third kappa shape index (κ3) is 4.48. The van der Waals surface area contributed by atoms with E-state index < -0.39 is 36.6 Å². The summed E-state index contributed by atoms with van der Waals surface area (Å²) in [5.74, 6) is -1.88. The van der Waals surface area contributed by atoms with Gasteiger partial charge in [0.1, 0.15) is 4.90 Å². The second-order valence-corrected chi connectivity index (χ2v) is 11.5. The zero-order chi connectivity index (χ0) is 26.1. The molecule has 10 heteroatoms. The number of carbonyl (C=O) groups is 2. The van der Waals surface area contributed by atoms with Gasteiger partial charge in [-0.05, 0) is 30.3 Å². The summed E-state index contributed by atoms with van der Waals surface area (Å²) in [4.78, 5) is 24.1. The molecule has 0 heterocycles. The summed E-state index contributed by atoms with van der Waals surface area (Å²) in [5, 5.41) is 0.352. The van der Waals surface area contributed by atoms with Crippen molar-refractivity contribution in [3.05, 3.63) is 91.0 Å². The molecule has 184 valence electrons. The van der Waals surface area contributed by atoms with Crippen molar-refractivity contribution >= 4 is 48.2 Å². The molecule has 0 saturated heterocycles. The van der Waals surface area contributed by atoms with Gasteiger partial charge in [-0.25, -0.2) is 21.1 Å². The van der Waals surface area contributed by atoms with Crippen LogP contribution < -0.4 is 9.04 Å². The number of hydrogen-bond acceptors (Lipinski definition) is 7. The third-order valence-electron chi connectivity index (χ3n) is 5.31. The van der Waals surface area contributed by atoms with Crippen LogP contribution in [-0.2, 0) is 29.4 Å². The Kier molecular flexibility index (Phi) is 6.66. The molecular weight excluding hydrogens is 502 g/mol. The highest BCUT2D eigenvalue weighted by Crippen LogP contribution is 2.43. The van der Waals surface area contributed by atoms with Crippen molar-refractivity contribution in [1.29, 1.82) is 0 Å². The highest BCUT2D eigenvalue weighted by Gasteiger charge is 2.34. The molecule has 0 N–H and O–H groups in total. The van der Waals surface area contributed by atoms with Crippen molar-refractivity contribution in [2.24, 2.45) is 0 Å². The zero-order valence-corrected chi connectivity index (χ0v) is 20.9. The van der Waals surface area contributed by atoms with Gasteiger partial charge in [-0.1, -0.05) is 60.7 Å². The number of carbonyl (C=O) groups excluding carboxylic acids is 2. The van der Waals surface area contributed by atoms with Gasteiger partial charge in [0.15, 0.2) is 5.75 Å². The minimum atomic E-state index is -4.43. The second-order valence-electron chi connectivity index (χ2n) is 7.78. The van der Waals surface area contributed by atoms with E-state index in [2.05, 4.69) is 0 Å². The van der Waals surface area contributed by atoms with Crippen molar-refractivity contribution in [1.82, 2.24) is 0 Å². The number of amides is 1. The normalized spacial score (nSPS) is 11.7. The van der Waals surface area contributed by atoms with Gasteiger partial charge in [0.2, 0.25) is 15.7 Å². The van der Waals surface area contributed by atoms with E-state index in [9.17, 15) is 26.4 Å². The van der Waals surface area contributed by atoms with Crippen molar-refractivity contribution in [3.63, 3.8) is 0 Å². The Morgan fingerprint density at radius 3 is 1.72 bits per heavy atom. The molecule has 0 aliphatic rings. The third-order valence-corrected chi connectivity index (χ3v) is 8.89. The first-order valence-corrected chi connectivity index (χ1v) is 13.6. The van der Waals surface area contributed by atoms with Crippen molar-refractivity contribution in [3.8, 4) is 5.75 Å². The average molecular weight is 524 g/mol. The Morgan fingerprint density at radius 1 is 0.694 bits per heavy atom. The SMILES string of the molecule is CC(=O)Oc1c(S(=O)(=O)c2ccccc2)cc(N(C(C)=O)S(=O)(=O)c2ccccc2)c2ccccc12. The van der Waals surface area contributed by atoms with Crippen molar-refractivity contribution < 1.29 is 31.2 Å². The Morgan fingerprint density at radius 2 is 1.19 bits per heavy atom. The van der Waals surface area contributed by atoms with Gasteiger partial charge in [0.25, 0.3) is 10.0 Å². The molecule has 0 aromatic heterocycles. The van der Waals surface area contributed by atoms with E-state index in [1.807, 2.05) is 0 Å². The smallest absolute Gasteiger partial charge is 0.308 e. The standard InChI is InChI=1S/C26H21NO7S2/c1-18(28)27(36(32,33)21-13-7-4-8-14-21)24-17-25(35(30,31)20-11-5-3-6-12-20)26(34-19(2)29)23-16-10-9-15-22(23)24/h3-17H,1-2H3. The van der Waals surface area contributed by atoms with Crippen molar-refractivity contribution in [2.45, 2.75) is 28.5 Å². The molecule has 0 radical (unpaired) electrons. The Bertz CT molecular complexity index is 1680. The van der Waals surface area contributed by atoms with Gasteiger partial charge in [0, 0.05) is 24.6 Å². The quantitative estimate of drug-likeness (QED) is 0.273. The van der Waals surface area contributed by atoms with Crippen LogP contribution in [-0.4, -0.2) is 28.7 Å². The van der Waals surface area contributed by atoms with Crippen LogP contribution in [0.4, 0.5) is 5.69 Å². The number of benzene rings is 4. The number of anilines is 1. The first kappa shape index (κ1) is 25.1. The van der Waals surface area contributed by atoms with Crippen LogP contribution in [0.3, 0.4) is 0 Å². The molecule has 0 bridgehead atoms. The van der Waals surface area contributed by atoms with E-state index in [-0.39, 0.29) is 32.0 Å². The van der Waals surface area contributed by atoms with Crippen LogP contribution in [0.15, 0.2) is 106 Å². The first-order chi connectivity index (χ1) is 17.0. The monoisotopic (exact) mass is 523 g/mol. The molecular formula is C26H21NO7S2. The second kappa shape index (κ2) is 9.56. The van der Waals surface area contributed by atoms with E-state index in [4.69, 9.17) is 4.74 Å². The predicted octanol–water partition coefficient (Wildman–Crippen LogP) is 4.34. The summed E-state index contributed by atoms with van der Waals surface area (Å²) < 4.78 is 60.5. The topological polar surface area (TPSA) is 115 Å². The van der Waals surface area contributed by atoms with Crippen molar-refractivity contribution in [2.75, 3.05) is 4.31 Å². The summed E-state index contributed by atoms with van der Waals surface area (Å²) >= 11 is 0. The molecule has 0 unspecified atom stereocenters. The molecule has 0 saturated carbocycles. The number of sulfone groups is 1. The predicted molar refractivity (Wildman–Crippen MR) is 134 cm³/mol. The summed E-state index contributed by atoms with van der Waals surface area (Å²) in [5.41, 5.74) is -0.188. The highest BCUT2D eigenvalue weighted by molar-refractivity contribution is 7.93. The maximum atomic E-state index is 13.7. The average Bonchev–Trinajstić information content (AvgIpc) is 2.85. The van der Waals surface area contributed by atoms with E-state index in [0.29, 0.717) is 4.31 Å². The minimum absolute atomic E-state index is 0.0973. The molecule has 4 aromatic carbocycles. The molecule has 36 heavy (non-hydrogen) atoms. The van der Waals surface area contributed by atoms with Gasteiger partial charge in [0.05, 0.1) is 15.5 Å². The Hall–Kier alpha value is -4.02. The van der Waals surface area contributed by atoms with Crippen LogP contribution >= 0.6 is 0 Å². The van der Waals surface area contributed by atoms with E-state index >= 15 is 0 Å². The summed E-state index contributed by atoms with van der Waals surface area (Å²) in [6.07, 6.45) is 0. The molecule has 4 aromatic rings. The maximum absolute atomic E-state index is 13.7. The number of sulfonamides is 1. The number of rotatable bonds is 6. The molecule has 1 amide bonds. The van der Waals surface area contributed by atoms with Crippen LogP contribution in [0.25, 0.3) is 10.8 Å². The summed E-state index contributed by atoms with van der Waals surface area (Å²) in [6, 6.07) is 22.0. The number of esters is 1. The lowest BCUT2D eigenvalue weighted by atomic mass is 10.1. The van der Waals surface area contributed by atoms with Gasteiger partial charge in [-0.15, -0.1) is 0 Å². The molecule has 0 aliphatic carbocycles. The van der Waals surface area contributed by atoms with E-state index in [1.165, 1.54) is 60.7 Å². The van der Waals surface area contributed by atoms with Crippen LogP contribution in [0, 0.1) is 0 Å². The van der Waals surface area contributed by atoms with Crippen LogP contribution in [0.1, 0.15) is 13.8 Å². The fourth-order valence-corrected chi connectivity index (χ4v) is 6.71. The summed E-state index contributed by atoms with van der Waals surface area (Å²) in [6.45, 7) is 2.20. The molecule has 0 spiro atoms. The first-order valence-electron chi connectivity index (χ1n) is 10.7. The van der Waals surface area contributed by atoms with Gasteiger partial charge >= 0.3 is 5.97 Å². The number of ether oxygens (including phenoxy) is 1. The molecule has 4 rings (SSSR count).